The summed E-state index contributed by atoms with van der Waals surface area (Å²) >= 11 is 1.45. The highest BCUT2D eigenvalue weighted by Crippen LogP contribution is 2.21. The molecule has 0 radical (unpaired) electrons. The summed E-state index contributed by atoms with van der Waals surface area (Å²) in [6.45, 7) is 2.08. The van der Waals surface area contributed by atoms with Crippen LogP contribution in [0.5, 0.6) is 0 Å². The van der Waals surface area contributed by atoms with Crippen molar-refractivity contribution >= 4 is 21.7 Å². The van der Waals surface area contributed by atoms with E-state index in [-0.39, 0.29) is 0 Å². The summed E-state index contributed by atoms with van der Waals surface area (Å²) in [6, 6.07) is 0. The first-order valence-corrected chi connectivity index (χ1v) is 5.49. The molecule has 1 saturated heterocycles. The standard InChI is InChI=1S/C9H10N4S/c1-2-10-3-6(1)9-11-5-8-7(13-9)4-12-14-8/h4-6,10H,1-3H2. The van der Waals surface area contributed by atoms with Crippen LogP contribution in [0.25, 0.3) is 10.2 Å². The summed E-state index contributed by atoms with van der Waals surface area (Å²) in [6.07, 6.45) is 4.84. The number of aromatic nitrogens is 3. The van der Waals surface area contributed by atoms with Gasteiger partial charge in [0.2, 0.25) is 0 Å². The summed E-state index contributed by atoms with van der Waals surface area (Å²) in [7, 11) is 0. The van der Waals surface area contributed by atoms with Crippen LogP contribution in [0, 0.1) is 0 Å². The Morgan fingerprint density at radius 3 is 3.29 bits per heavy atom. The fraction of sp³-hybridized carbons (Fsp3) is 0.444. The lowest BCUT2D eigenvalue weighted by Crippen LogP contribution is -2.09. The molecule has 0 bridgehead atoms. The summed E-state index contributed by atoms with van der Waals surface area (Å²) < 4.78 is 5.16. The van der Waals surface area contributed by atoms with Gasteiger partial charge in [-0.1, -0.05) is 0 Å². The van der Waals surface area contributed by atoms with Crippen LogP contribution in [0.1, 0.15) is 18.2 Å². The molecule has 14 heavy (non-hydrogen) atoms. The van der Waals surface area contributed by atoms with Gasteiger partial charge in [-0.2, -0.15) is 4.37 Å². The molecule has 5 heteroatoms. The second-order valence-corrected chi connectivity index (χ2v) is 4.33. The Bertz CT molecular complexity index is 447. The van der Waals surface area contributed by atoms with Crippen molar-refractivity contribution in [2.75, 3.05) is 13.1 Å². The Balaban J connectivity index is 2.04. The van der Waals surface area contributed by atoms with E-state index in [4.69, 9.17) is 0 Å². The molecule has 72 valence electrons. The highest BCUT2D eigenvalue weighted by Gasteiger charge is 2.19. The van der Waals surface area contributed by atoms with Crippen molar-refractivity contribution in [1.29, 1.82) is 0 Å². The van der Waals surface area contributed by atoms with Crippen LogP contribution < -0.4 is 5.32 Å². The van der Waals surface area contributed by atoms with Crippen molar-refractivity contribution in [3.63, 3.8) is 0 Å². The Kier molecular flexibility index (Phi) is 1.92. The Morgan fingerprint density at radius 2 is 2.43 bits per heavy atom. The summed E-state index contributed by atoms with van der Waals surface area (Å²) in [5, 5.41) is 3.32. The first-order chi connectivity index (χ1) is 6.93. The van der Waals surface area contributed by atoms with Gasteiger partial charge in [0.05, 0.1) is 17.1 Å². The fourth-order valence-electron chi connectivity index (χ4n) is 1.77. The monoisotopic (exact) mass is 206 g/mol. The quantitative estimate of drug-likeness (QED) is 0.760. The normalized spacial score (nSPS) is 21.9. The zero-order chi connectivity index (χ0) is 9.38. The molecule has 2 aromatic rings. The van der Waals surface area contributed by atoms with E-state index >= 15 is 0 Å². The fourth-order valence-corrected chi connectivity index (χ4v) is 2.32. The van der Waals surface area contributed by atoms with Crippen LogP contribution in [-0.4, -0.2) is 27.4 Å². The van der Waals surface area contributed by atoms with Crippen LogP contribution >= 0.6 is 11.5 Å². The molecule has 2 aromatic heterocycles. The van der Waals surface area contributed by atoms with Crippen LogP contribution in [0.4, 0.5) is 0 Å². The number of hydrogen-bond acceptors (Lipinski definition) is 5. The minimum Gasteiger partial charge on any atom is -0.316 e. The summed E-state index contributed by atoms with van der Waals surface area (Å²) in [5.74, 6) is 1.45. The number of rotatable bonds is 1. The van der Waals surface area contributed by atoms with Gasteiger partial charge >= 0.3 is 0 Å². The molecule has 0 aliphatic carbocycles. The van der Waals surface area contributed by atoms with E-state index in [0.717, 1.165) is 35.6 Å². The third-order valence-corrected chi connectivity index (χ3v) is 3.28. The zero-order valence-electron chi connectivity index (χ0n) is 7.60. The Morgan fingerprint density at radius 1 is 1.43 bits per heavy atom. The van der Waals surface area contributed by atoms with Gasteiger partial charge in [0, 0.05) is 12.5 Å². The summed E-state index contributed by atoms with van der Waals surface area (Å²) in [5.41, 5.74) is 0.979. The molecule has 1 aliphatic heterocycles. The van der Waals surface area contributed by atoms with Crippen molar-refractivity contribution in [3.8, 4) is 0 Å². The number of nitrogens with zero attached hydrogens (tertiary/aromatic N) is 3. The van der Waals surface area contributed by atoms with E-state index in [2.05, 4.69) is 19.7 Å². The van der Waals surface area contributed by atoms with E-state index in [1.165, 1.54) is 11.5 Å². The van der Waals surface area contributed by atoms with E-state index in [9.17, 15) is 0 Å². The molecule has 1 unspecified atom stereocenters. The maximum Gasteiger partial charge on any atom is 0.133 e. The highest BCUT2D eigenvalue weighted by atomic mass is 32.1. The molecule has 0 amide bonds. The average Bonchev–Trinajstić information content (AvgIpc) is 2.88. The van der Waals surface area contributed by atoms with Crippen molar-refractivity contribution in [1.82, 2.24) is 19.7 Å². The lowest BCUT2D eigenvalue weighted by Gasteiger charge is -2.04. The molecule has 3 heterocycles. The molecular formula is C9H10N4S. The van der Waals surface area contributed by atoms with Crippen molar-refractivity contribution in [3.05, 3.63) is 18.2 Å². The first kappa shape index (κ1) is 8.26. The van der Waals surface area contributed by atoms with Gasteiger partial charge in [0.25, 0.3) is 0 Å². The van der Waals surface area contributed by atoms with Crippen molar-refractivity contribution in [2.45, 2.75) is 12.3 Å². The predicted molar refractivity (Wildman–Crippen MR) is 55.4 cm³/mol. The minimum atomic E-state index is 0.485. The molecule has 0 spiro atoms. The molecule has 0 saturated carbocycles. The summed E-state index contributed by atoms with van der Waals surface area (Å²) in [4.78, 5) is 8.89. The lowest BCUT2D eigenvalue weighted by atomic mass is 10.1. The van der Waals surface area contributed by atoms with Gasteiger partial charge < -0.3 is 5.32 Å². The van der Waals surface area contributed by atoms with Gasteiger partial charge in [-0.25, -0.2) is 9.97 Å². The number of fused-ring (bicyclic) bond motifs is 1. The predicted octanol–water partition coefficient (Wildman–Crippen LogP) is 1.16. The first-order valence-electron chi connectivity index (χ1n) is 4.71. The topological polar surface area (TPSA) is 50.7 Å². The molecule has 0 aromatic carbocycles. The van der Waals surface area contributed by atoms with Crippen molar-refractivity contribution in [2.24, 2.45) is 0 Å². The second kappa shape index (κ2) is 3.25. The van der Waals surface area contributed by atoms with Gasteiger partial charge in [-0.15, -0.1) is 0 Å². The smallest absolute Gasteiger partial charge is 0.133 e. The average molecular weight is 206 g/mol. The third-order valence-electron chi connectivity index (χ3n) is 2.55. The van der Waals surface area contributed by atoms with Crippen LogP contribution in [-0.2, 0) is 0 Å². The zero-order valence-corrected chi connectivity index (χ0v) is 8.42. The lowest BCUT2D eigenvalue weighted by molar-refractivity contribution is 0.707. The Labute approximate surface area is 85.6 Å². The second-order valence-electron chi connectivity index (χ2n) is 3.49. The van der Waals surface area contributed by atoms with E-state index in [1.54, 1.807) is 0 Å². The number of nitrogens with one attached hydrogen (secondary N) is 1. The van der Waals surface area contributed by atoms with Gasteiger partial charge in [-0.05, 0) is 24.5 Å². The minimum absolute atomic E-state index is 0.485. The maximum absolute atomic E-state index is 4.51. The molecule has 1 atom stereocenters. The van der Waals surface area contributed by atoms with Gasteiger partial charge in [0.1, 0.15) is 11.3 Å². The van der Waals surface area contributed by atoms with E-state index in [0.29, 0.717) is 5.92 Å². The highest BCUT2D eigenvalue weighted by molar-refractivity contribution is 7.13. The SMILES string of the molecule is c1nsc2cnc(C3CCNC3)nc12. The molecule has 1 N–H and O–H groups in total. The van der Waals surface area contributed by atoms with Gasteiger partial charge in [0.15, 0.2) is 0 Å². The maximum atomic E-state index is 4.51. The largest absolute Gasteiger partial charge is 0.316 e. The molecule has 1 fully saturated rings. The van der Waals surface area contributed by atoms with Crippen LogP contribution in [0.15, 0.2) is 12.4 Å². The van der Waals surface area contributed by atoms with Crippen LogP contribution in [0.3, 0.4) is 0 Å². The van der Waals surface area contributed by atoms with E-state index < -0.39 is 0 Å². The third kappa shape index (κ3) is 1.29. The van der Waals surface area contributed by atoms with E-state index in [1.807, 2.05) is 12.4 Å². The molecular weight excluding hydrogens is 196 g/mol. The number of hydrogen-bond donors (Lipinski definition) is 1. The van der Waals surface area contributed by atoms with Crippen LogP contribution in [0.2, 0.25) is 0 Å². The van der Waals surface area contributed by atoms with Crippen molar-refractivity contribution < 1.29 is 0 Å². The molecule has 1 aliphatic rings. The Hall–Kier alpha value is -1.07. The molecule has 3 rings (SSSR count). The van der Waals surface area contributed by atoms with Gasteiger partial charge in [-0.3, -0.25) is 0 Å². The molecule has 4 nitrogen and oxygen atoms in total.